The van der Waals surface area contributed by atoms with Gasteiger partial charge in [0.15, 0.2) is 0 Å². The van der Waals surface area contributed by atoms with Crippen molar-refractivity contribution in [2.45, 2.75) is 13.5 Å². The molecule has 0 aliphatic carbocycles. The SMILES string of the molecule is CCOCCN(C)c1ccc(CO)c(Cl)c1. The van der Waals surface area contributed by atoms with Crippen molar-refractivity contribution in [3.8, 4) is 0 Å². The van der Waals surface area contributed by atoms with E-state index in [2.05, 4.69) is 4.90 Å². The van der Waals surface area contributed by atoms with Gasteiger partial charge in [0, 0.05) is 30.9 Å². The van der Waals surface area contributed by atoms with Crippen molar-refractivity contribution >= 4 is 17.3 Å². The van der Waals surface area contributed by atoms with Crippen LogP contribution >= 0.6 is 11.6 Å². The van der Waals surface area contributed by atoms with Crippen LogP contribution in [0.15, 0.2) is 18.2 Å². The monoisotopic (exact) mass is 243 g/mol. The molecule has 1 aromatic rings. The maximum absolute atomic E-state index is 9.00. The maximum Gasteiger partial charge on any atom is 0.0696 e. The summed E-state index contributed by atoms with van der Waals surface area (Å²) in [6, 6.07) is 5.65. The number of likely N-dealkylation sites (N-methyl/N-ethyl adjacent to an activating group) is 1. The fourth-order valence-electron chi connectivity index (χ4n) is 1.38. The van der Waals surface area contributed by atoms with E-state index < -0.39 is 0 Å². The Hall–Kier alpha value is -0.770. The Kier molecular flexibility index (Phi) is 5.60. The molecule has 0 bridgehead atoms. The zero-order valence-electron chi connectivity index (χ0n) is 9.74. The van der Waals surface area contributed by atoms with Gasteiger partial charge < -0.3 is 14.7 Å². The molecule has 0 spiro atoms. The highest BCUT2D eigenvalue weighted by Gasteiger charge is 2.04. The van der Waals surface area contributed by atoms with Crippen LogP contribution < -0.4 is 4.90 Å². The molecule has 16 heavy (non-hydrogen) atoms. The van der Waals surface area contributed by atoms with Crippen molar-refractivity contribution in [3.05, 3.63) is 28.8 Å². The van der Waals surface area contributed by atoms with Gasteiger partial charge in [-0.15, -0.1) is 0 Å². The molecule has 1 N–H and O–H groups in total. The highest BCUT2D eigenvalue weighted by molar-refractivity contribution is 6.31. The molecule has 3 nitrogen and oxygen atoms in total. The average molecular weight is 244 g/mol. The molecule has 0 fully saturated rings. The number of hydrogen-bond donors (Lipinski definition) is 1. The number of aliphatic hydroxyl groups excluding tert-OH is 1. The van der Waals surface area contributed by atoms with E-state index >= 15 is 0 Å². The van der Waals surface area contributed by atoms with E-state index in [1.807, 2.05) is 32.2 Å². The molecule has 0 amide bonds. The highest BCUT2D eigenvalue weighted by Crippen LogP contribution is 2.22. The summed E-state index contributed by atoms with van der Waals surface area (Å²) in [6.45, 7) is 4.21. The minimum absolute atomic E-state index is 0.0260. The number of hydrogen-bond acceptors (Lipinski definition) is 3. The third-order valence-corrected chi connectivity index (χ3v) is 2.77. The molecule has 0 aromatic heterocycles. The Labute approximate surface area is 102 Å². The molecule has 0 radical (unpaired) electrons. The molecule has 90 valence electrons. The maximum atomic E-state index is 9.00. The predicted molar refractivity (Wildman–Crippen MR) is 67.1 cm³/mol. The number of aliphatic hydroxyl groups is 1. The van der Waals surface area contributed by atoms with Gasteiger partial charge in [-0.05, 0) is 24.6 Å². The Morgan fingerprint density at radius 1 is 1.44 bits per heavy atom. The van der Waals surface area contributed by atoms with Crippen LogP contribution in [-0.2, 0) is 11.3 Å². The van der Waals surface area contributed by atoms with Gasteiger partial charge in [-0.25, -0.2) is 0 Å². The van der Waals surface area contributed by atoms with Crippen LogP contribution in [0.5, 0.6) is 0 Å². The lowest BCUT2D eigenvalue weighted by Gasteiger charge is -2.19. The van der Waals surface area contributed by atoms with Crippen LogP contribution in [0.2, 0.25) is 5.02 Å². The van der Waals surface area contributed by atoms with Gasteiger partial charge in [0.1, 0.15) is 0 Å². The summed E-state index contributed by atoms with van der Waals surface area (Å²) in [7, 11) is 1.99. The lowest BCUT2D eigenvalue weighted by molar-refractivity contribution is 0.154. The topological polar surface area (TPSA) is 32.7 Å². The molecule has 0 heterocycles. The van der Waals surface area contributed by atoms with Crippen LogP contribution in [0.3, 0.4) is 0 Å². The lowest BCUT2D eigenvalue weighted by atomic mass is 10.2. The summed E-state index contributed by atoms with van der Waals surface area (Å²) in [6.07, 6.45) is 0. The Morgan fingerprint density at radius 2 is 2.19 bits per heavy atom. The summed E-state index contributed by atoms with van der Waals surface area (Å²) in [4.78, 5) is 2.07. The number of anilines is 1. The second kappa shape index (κ2) is 6.74. The molecule has 0 saturated carbocycles. The van der Waals surface area contributed by atoms with Gasteiger partial charge in [0.25, 0.3) is 0 Å². The molecule has 0 aliphatic rings. The molecule has 0 atom stereocenters. The van der Waals surface area contributed by atoms with E-state index in [9.17, 15) is 0 Å². The van der Waals surface area contributed by atoms with Crippen LogP contribution in [-0.4, -0.2) is 31.9 Å². The van der Waals surface area contributed by atoms with E-state index in [1.54, 1.807) is 0 Å². The predicted octanol–water partition coefficient (Wildman–Crippen LogP) is 2.31. The van der Waals surface area contributed by atoms with Gasteiger partial charge >= 0.3 is 0 Å². The first-order valence-electron chi connectivity index (χ1n) is 5.37. The number of halogens is 1. The summed E-state index contributed by atoms with van der Waals surface area (Å²) in [5, 5.41) is 9.60. The summed E-state index contributed by atoms with van der Waals surface area (Å²) in [5.41, 5.74) is 1.78. The van der Waals surface area contributed by atoms with E-state index in [-0.39, 0.29) is 6.61 Å². The average Bonchev–Trinajstić information content (AvgIpc) is 2.29. The number of rotatable bonds is 6. The van der Waals surface area contributed by atoms with Gasteiger partial charge in [0.2, 0.25) is 0 Å². The third kappa shape index (κ3) is 3.67. The smallest absolute Gasteiger partial charge is 0.0696 e. The fraction of sp³-hybridized carbons (Fsp3) is 0.500. The van der Waals surface area contributed by atoms with Crippen LogP contribution in [0.25, 0.3) is 0 Å². The molecule has 4 heteroatoms. The molecule has 1 aromatic carbocycles. The van der Waals surface area contributed by atoms with Gasteiger partial charge in [-0.2, -0.15) is 0 Å². The lowest BCUT2D eigenvalue weighted by Crippen LogP contribution is -2.22. The minimum Gasteiger partial charge on any atom is -0.392 e. The van der Waals surface area contributed by atoms with Gasteiger partial charge in [-0.1, -0.05) is 17.7 Å². The second-order valence-electron chi connectivity index (χ2n) is 3.55. The molecule has 1 rings (SSSR count). The van der Waals surface area contributed by atoms with Crippen molar-refractivity contribution in [2.24, 2.45) is 0 Å². The number of ether oxygens (including phenoxy) is 1. The quantitative estimate of drug-likeness (QED) is 0.779. The molecular weight excluding hydrogens is 226 g/mol. The zero-order valence-corrected chi connectivity index (χ0v) is 10.5. The molecular formula is C12H18ClNO2. The van der Waals surface area contributed by atoms with Gasteiger partial charge in [-0.3, -0.25) is 0 Å². The normalized spacial score (nSPS) is 10.5. The van der Waals surface area contributed by atoms with E-state index in [0.29, 0.717) is 11.6 Å². The van der Waals surface area contributed by atoms with Crippen molar-refractivity contribution in [3.63, 3.8) is 0 Å². The van der Waals surface area contributed by atoms with Crippen molar-refractivity contribution in [1.29, 1.82) is 0 Å². The Morgan fingerprint density at radius 3 is 2.75 bits per heavy atom. The fourth-order valence-corrected chi connectivity index (χ4v) is 1.61. The first-order chi connectivity index (χ1) is 7.69. The Balaban J connectivity index is 2.62. The first kappa shape index (κ1) is 13.3. The molecule has 0 unspecified atom stereocenters. The summed E-state index contributed by atoms with van der Waals surface area (Å²) >= 11 is 6.02. The van der Waals surface area contributed by atoms with Crippen molar-refractivity contribution in [2.75, 3.05) is 31.7 Å². The standard InChI is InChI=1S/C12H18ClNO2/c1-3-16-7-6-14(2)11-5-4-10(9-15)12(13)8-11/h4-5,8,15H,3,6-7,9H2,1-2H3. The summed E-state index contributed by atoms with van der Waals surface area (Å²) < 4.78 is 5.29. The largest absolute Gasteiger partial charge is 0.392 e. The second-order valence-corrected chi connectivity index (χ2v) is 3.96. The van der Waals surface area contributed by atoms with E-state index in [0.717, 1.165) is 24.4 Å². The minimum atomic E-state index is -0.0260. The zero-order chi connectivity index (χ0) is 12.0. The third-order valence-electron chi connectivity index (χ3n) is 2.42. The van der Waals surface area contributed by atoms with Crippen molar-refractivity contribution < 1.29 is 9.84 Å². The van der Waals surface area contributed by atoms with Crippen LogP contribution in [0.4, 0.5) is 5.69 Å². The van der Waals surface area contributed by atoms with Crippen molar-refractivity contribution in [1.82, 2.24) is 0 Å². The number of benzene rings is 1. The van der Waals surface area contributed by atoms with Gasteiger partial charge in [0.05, 0.1) is 13.2 Å². The number of nitrogens with zero attached hydrogens (tertiary/aromatic N) is 1. The Bertz CT molecular complexity index is 331. The molecule has 0 aliphatic heterocycles. The first-order valence-corrected chi connectivity index (χ1v) is 5.75. The van der Waals surface area contributed by atoms with Crippen LogP contribution in [0, 0.1) is 0 Å². The molecule has 0 saturated heterocycles. The van der Waals surface area contributed by atoms with Crippen LogP contribution in [0.1, 0.15) is 12.5 Å². The highest BCUT2D eigenvalue weighted by atomic mass is 35.5. The summed E-state index contributed by atoms with van der Waals surface area (Å²) in [5.74, 6) is 0. The van der Waals surface area contributed by atoms with E-state index in [1.165, 1.54) is 0 Å². The van der Waals surface area contributed by atoms with E-state index in [4.69, 9.17) is 21.4 Å².